The van der Waals surface area contributed by atoms with Crippen LogP contribution in [0.15, 0.2) is 6.20 Å². The Balaban J connectivity index is 1.99. The van der Waals surface area contributed by atoms with E-state index >= 15 is 0 Å². The zero-order valence-electron chi connectivity index (χ0n) is 11.6. The van der Waals surface area contributed by atoms with Crippen molar-refractivity contribution < 1.29 is 4.92 Å². The summed E-state index contributed by atoms with van der Waals surface area (Å²) in [5.41, 5.74) is 5.33. The summed E-state index contributed by atoms with van der Waals surface area (Å²) in [6.45, 7) is 4.86. The van der Waals surface area contributed by atoms with Crippen LogP contribution in [0.2, 0.25) is 0 Å². The van der Waals surface area contributed by atoms with Crippen LogP contribution < -0.4 is 11.1 Å². The van der Waals surface area contributed by atoms with Gasteiger partial charge in [-0.25, -0.2) is 4.98 Å². The average Bonchev–Trinajstić information content (AvgIpc) is 2.45. The Hall–Kier alpha value is -1.96. The molecule has 1 saturated heterocycles. The van der Waals surface area contributed by atoms with Crippen LogP contribution in [0.1, 0.15) is 26.2 Å². The maximum atomic E-state index is 10.9. The van der Waals surface area contributed by atoms with Crippen LogP contribution in [0, 0.1) is 10.1 Å². The van der Waals surface area contributed by atoms with Crippen molar-refractivity contribution in [3.8, 4) is 0 Å². The highest BCUT2D eigenvalue weighted by Gasteiger charge is 2.20. The predicted octanol–water partition coefficient (Wildman–Crippen LogP) is 1.25. The second-order valence-corrected chi connectivity index (χ2v) is 5.05. The molecule has 1 aliphatic heterocycles. The summed E-state index contributed by atoms with van der Waals surface area (Å²) in [6, 6.07) is 0.297. The lowest BCUT2D eigenvalue weighted by Gasteiger charge is -2.32. The first-order chi connectivity index (χ1) is 9.58. The molecule has 1 aromatic heterocycles. The maximum Gasteiger partial charge on any atom is 0.329 e. The average molecular weight is 280 g/mol. The number of hydrogen-bond acceptors (Lipinski definition) is 7. The van der Waals surface area contributed by atoms with Crippen molar-refractivity contribution in [2.75, 3.05) is 30.7 Å². The number of nitrogens with one attached hydrogen (secondary N) is 1. The lowest BCUT2D eigenvalue weighted by atomic mass is 10.1. The van der Waals surface area contributed by atoms with Crippen molar-refractivity contribution >= 4 is 17.5 Å². The van der Waals surface area contributed by atoms with Crippen LogP contribution in [0.4, 0.5) is 17.5 Å². The van der Waals surface area contributed by atoms with E-state index in [0.29, 0.717) is 12.6 Å². The van der Waals surface area contributed by atoms with E-state index in [0.717, 1.165) is 19.3 Å². The van der Waals surface area contributed by atoms with Crippen molar-refractivity contribution in [1.29, 1.82) is 0 Å². The normalized spacial score (nSPS) is 17.6. The lowest BCUT2D eigenvalue weighted by Crippen LogP contribution is -2.41. The number of anilines is 2. The standard InChI is InChI=1S/C12H20N6O2/c1-9(17-5-3-2-4-6-17)7-14-11-10(18(19)20)8-15-12(13)16-11/h8-9H,2-7H2,1H3,(H3,13,14,15,16). The quantitative estimate of drug-likeness (QED) is 0.617. The minimum atomic E-state index is -0.507. The third kappa shape index (κ3) is 3.53. The minimum absolute atomic E-state index is 0.0312. The van der Waals surface area contributed by atoms with E-state index in [4.69, 9.17) is 5.73 Å². The zero-order chi connectivity index (χ0) is 14.5. The third-order valence-corrected chi connectivity index (χ3v) is 3.56. The molecule has 0 spiro atoms. The van der Waals surface area contributed by atoms with E-state index in [1.165, 1.54) is 19.3 Å². The molecule has 1 aliphatic rings. The third-order valence-electron chi connectivity index (χ3n) is 3.56. The SMILES string of the molecule is CC(CNc1nc(N)ncc1[N+](=O)[O-])N1CCCCC1. The van der Waals surface area contributed by atoms with E-state index in [1.807, 2.05) is 0 Å². The molecule has 20 heavy (non-hydrogen) atoms. The monoisotopic (exact) mass is 280 g/mol. The summed E-state index contributed by atoms with van der Waals surface area (Å²) < 4.78 is 0. The topological polar surface area (TPSA) is 110 Å². The number of nitrogens with zero attached hydrogens (tertiary/aromatic N) is 4. The molecule has 2 heterocycles. The molecule has 0 saturated carbocycles. The van der Waals surface area contributed by atoms with Crippen molar-refractivity contribution in [2.45, 2.75) is 32.2 Å². The minimum Gasteiger partial charge on any atom is -0.368 e. The van der Waals surface area contributed by atoms with E-state index in [-0.39, 0.29) is 17.5 Å². The van der Waals surface area contributed by atoms with Crippen LogP contribution in [0.5, 0.6) is 0 Å². The van der Waals surface area contributed by atoms with Crippen molar-refractivity contribution in [1.82, 2.24) is 14.9 Å². The van der Waals surface area contributed by atoms with Crippen LogP contribution in [0.25, 0.3) is 0 Å². The molecule has 110 valence electrons. The van der Waals surface area contributed by atoms with Gasteiger partial charge in [-0.1, -0.05) is 6.42 Å². The molecule has 0 amide bonds. The van der Waals surface area contributed by atoms with Crippen molar-refractivity contribution in [3.63, 3.8) is 0 Å². The first-order valence-electron chi connectivity index (χ1n) is 6.82. The Labute approximate surface area is 117 Å². The highest BCUT2D eigenvalue weighted by molar-refractivity contribution is 5.56. The molecule has 2 rings (SSSR count). The van der Waals surface area contributed by atoms with Crippen LogP contribution in [-0.2, 0) is 0 Å². The highest BCUT2D eigenvalue weighted by Crippen LogP contribution is 2.21. The van der Waals surface area contributed by atoms with Crippen LogP contribution >= 0.6 is 0 Å². The Bertz CT molecular complexity index is 475. The fourth-order valence-electron chi connectivity index (χ4n) is 2.39. The molecule has 0 aliphatic carbocycles. The molecular formula is C12H20N6O2. The molecule has 8 heteroatoms. The Morgan fingerprint density at radius 3 is 2.85 bits per heavy atom. The number of hydrogen-bond donors (Lipinski definition) is 2. The lowest BCUT2D eigenvalue weighted by molar-refractivity contribution is -0.384. The Kier molecular flexibility index (Phi) is 4.67. The molecular weight excluding hydrogens is 260 g/mol. The van der Waals surface area contributed by atoms with Gasteiger partial charge in [0, 0.05) is 12.6 Å². The summed E-state index contributed by atoms with van der Waals surface area (Å²) >= 11 is 0. The summed E-state index contributed by atoms with van der Waals surface area (Å²) in [5.74, 6) is 0.218. The van der Waals surface area contributed by atoms with E-state index in [2.05, 4.69) is 27.1 Å². The Morgan fingerprint density at radius 2 is 2.20 bits per heavy atom. The summed E-state index contributed by atoms with van der Waals surface area (Å²) in [5, 5.41) is 13.9. The second-order valence-electron chi connectivity index (χ2n) is 5.05. The summed E-state index contributed by atoms with van der Waals surface area (Å²) in [7, 11) is 0. The van der Waals surface area contributed by atoms with Crippen LogP contribution in [0.3, 0.4) is 0 Å². The number of nitro groups is 1. The molecule has 0 radical (unpaired) electrons. The summed E-state index contributed by atoms with van der Waals surface area (Å²) in [4.78, 5) is 20.3. The van der Waals surface area contributed by atoms with Gasteiger partial charge in [-0.2, -0.15) is 4.98 Å². The van der Waals surface area contributed by atoms with Gasteiger partial charge in [0.05, 0.1) is 4.92 Å². The molecule has 1 aromatic rings. The van der Waals surface area contributed by atoms with Gasteiger partial charge in [0.25, 0.3) is 0 Å². The number of nitrogen functional groups attached to an aromatic ring is 1. The fourth-order valence-corrected chi connectivity index (χ4v) is 2.39. The molecule has 1 unspecified atom stereocenters. The number of rotatable bonds is 5. The second kappa shape index (κ2) is 6.47. The summed E-state index contributed by atoms with van der Waals surface area (Å²) in [6.07, 6.45) is 4.84. The van der Waals surface area contributed by atoms with Crippen molar-refractivity contribution in [3.05, 3.63) is 16.3 Å². The van der Waals surface area contributed by atoms with Crippen molar-refractivity contribution in [2.24, 2.45) is 0 Å². The molecule has 8 nitrogen and oxygen atoms in total. The fraction of sp³-hybridized carbons (Fsp3) is 0.667. The molecule has 0 aromatic carbocycles. The van der Waals surface area contributed by atoms with E-state index in [1.54, 1.807) is 0 Å². The van der Waals surface area contributed by atoms with E-state index in [9.17, 15) is 10.1 Å². The largest absolute Gasteiger partial charge is 0.368 e. The van der Waals surface area contributed by atoms with Gasteiger partial charge in [-0.15, -0.1) is 0 Å². The van der Waals surface area contributed by atoms with Gasteiger partial charge >= 0.3 is 5.69 Å². The molecule has 1 atom stereocenters. The first-order valence-corrected chi connectivity index (χ1v) is 6.82. The number of aromatic nitrogens is 2. The number of likely N-dealkylation sites (tertiary alicyclic amines) is 1. The molecule has 3 N–H and O–H groups in total. The molecule has 1 fully saturated rings. The van der Waals surface area contributed by atoms with Gasteiger partial charge < -0.3 is 11.1 Å². The zero-order valence-corrected chi connectivity index (χ0v) is 11.6. The number of piperidine rings is 1. The van der Waals surface area contributed by atoms with Crippen LogP contribution in [-0.4, -0.2) is 45.5 Å². The van der Waals surface area contributed by atoms with Gasteiger partial charge in [-0.05, 0) is 32.9 Å². The van der Waals surface area contributed by atoms with Gasteiger partial charge in [0.1, 0.15) is 6.20 Å². The van der Waals surface area contributed by atoms with Gasteiger partial charge in [-0.3, -0.25) is 15.0 Å². The Morgan fingerprint density at radius 1 is 1.50 bits per heavy atom. The first kappa shape index (κ1) is 14.4. The van der Waals surface area contributed by atoms with Gasteiger partial charge in [0.15, 0.2) is 0 Å². The maximum absolute atomic E-state index is 10.9. The number of nitrogens with two attached hydrogens (primary N) is 1. The van der Waals surface area contributed by atoms with E-state index < -0.39 is 4.92 Å². The van der Waals surface area contributed by atoms with Gasteiger partial charge in [0.2, 0.25) is 11.8 Å². The molecule has 0 bridgehead atoms. The smallest absolute Gasteiger partial charge is 0.329 e. The highest BCUT2D eigenvalue weighted by atomic mass is 16.6. The predicted molar refractivity (Wildman–Crippen MR) is 76.5 cm³/mol.